The molecule has 2 nitrogen and oxygen atoms in total. The van der Waals surface area contributed by atoms with Crippen molar-refractivity contribution in [1.82, 2.24) is 4.98 Å². The van der Waals surface area contributed by atoms with Crippen LogP contribution in [-0.4, -0.2) is 18.1 Å². The van der Waals surface area contributed by atoms with Crippen molar-refractivity contribution >= 4 is 21.7 Å². The van der Waals surface area contributed by atoms with Gasteiger partial charge in [0.2, 0.25) is 0 Å². The first kappa shape index (κ1) is 11.7. The van der Waals surface area contributed by atoms with Gasteiger partial charge in [0.25, 0.3) is 0 Å². The highest BCUT2D eigenvalue weighted by Gasteiger charge is 2.28. The molecule has 1 aliphatic rings. The van der Waals surface area contributed by atoms with Crippen molar-refractivity contribution in [2.45, 2.75) is 12.8 Å². The van der Waals surface area contributed by atoms with Gasteiger partial charge in [0.15, 0.2) is 0 Å². The molecule has 0 atom stereocenters. The molecule has 0 amide bonds. The molecule has 1 aromatic carbocycles. The minimum absolute atomic E-state index is 0.650. The topological polar surface area (TPSA) is 16.1 Å². The molecule has 1 saturated heterocycles. The molecule has 1 aromatic heterocycles. The molecule has 0 bridgehead atoms. The first-order valence-electron chi connectivity index (χ1n) is 6.17. The second-order valence-corrected chi connectivity index (χ2v) is 5.60. The zero-order valence-corrected chi connectivity index (χ0v) is 11.9. The first-order chi connectivity index (χ1) is 8.74. The summed E-state index contributed by atoms with van der Waals surface area (Å²) in [4.78, 5) is 6.93. The van der Waals surface area contributed by atoms with E-state index in [1.165, 1.54) is 5.56 Å². The number of rotatable bonds is 2. The fourth-order valence-electron chi connectivity index (χ4n) is 2.31. The number of hydrogen-bond donors (Lipinski definition) is 0. The molecule has 2 heterocycles. The summed E-state index contributed by atoms with van der Waals surface area (Å²) in [6.07, 6.45) is 0. The molecule has 1 fully saturated rings. The van der Waals surface area contributed by atoms with Crippen LogP contribution in [0.25, 0.3) is 0 Å². The van der Waals surface area contributed by atoms with Gasteiger partial charge in [0.1, 0.15) is 5.82 Å². The Kier molecular flexibility index (Phi) is 3.08. The van der Waals surface area contributed by atoms with E-state index < -0.39 is 0 Å². The summed E-state index contributed by atoms with van der Waals surface area (Å²) in [5, 5.41) is 0. The summed E-state index contributed by atoms with van der Waals surface area (Å²) >= 11 is 3.49. The van der Waals surface area contributed by atoms with E-state index in [0.717, 1.165) is 29.1 Å². The monoisotopic (exact) mass is 302 g/mol. The lowest BCUT2D eigenvalue weighted by Crippen LogP contribution is -2.45. The maximum atomic E-state index is 4.60. The third-order valence-electron chi connectivity index (χ3n) is 3.48. The summed E-state index contributed by atoms with van der Waals surface area (Å²) in [7, 11) is 0. The minimum Gasteiger partial charge on any atom is -0.355 e. The summed E-state index contributed by atoms with van der Waals surface area (Å²) < 4.78 is 1.08. The fourth-order valence-corrected chi connectivity index (χ4v) is 2.53. The number of pyridine rings is 1. The standard InChI is InChI=1S/C15H15BrN2/c1-11-14(16)7-8-15(17-11)18-9-13(10-18)12-5-3-2-4-6-12/h2-8,13H,9-10H2,1H3. The number of anilines is 1. The van der Waals surface area contributed by atoms with Crippen LogP contribution < -0.4 is 4.90 Å². The van der Waals surface area contributed by atoms with E-state index in [1.54, 1.807) is 0 Å². The predicted octanol–water partition coefficient (Wildman–Crippen LogP) is 3.76. The van der Waals surface area contributed by atoms with Crippen molar-refractivity contribution in [3.63, 3.8) is 0 Å². The molecule has 2 aromatic rings. The Balaban J connectivity index is 1.70. The normalized spacial score (nSPS) is 15.6. The number of hydrogen-bond acceptors (Lipinski definition) is 2. The van der Waals surface area contributed by atoms with E-state index in [1.807, 2.05) is 6.92 Å². The Bertz CT molecular complexity index is 548. The summed E-state index contributed by atoms with van der Waals surface area (Å²) in [6, 6.07) is 14.9. The molecular formula is C15H15BrN2. The van der Waals surface area contributed by atoms with E-state index in [0.29, 0.717) is 5.92 Å². The number of aryl methyl sites for hydroxylation is 1. The molecule has 0 unspecified atom stereocenters. The zero-order chi connectivity index (χ0) is 12.5. The largest absolute Gasteiger partial charge is 0.355 e. The van der Waals surface area contributed by atoms with Crippen molar-refractivity contribution < 1.29 is 0 Å². The smallest absolute Gasteiger partial charge is 0.128 e. The predicted molar refractivity (Wildman–Crippen MR) is 78.1 cm³/mol. The Labute approximate surface area is 116 Å². The molecule has 1 aliphatic heterocycles. The second-order valence-electron chi connectivity index (χ2n) is 4.75. The third-order valence-corrected chi connectivity index (χ3v) is 4.32. The summed E-state index contributed by atoms with van der Waals surface area (Å²) in [6.45, 7) is 4.16. The van der Waals surface area contributed by atoms with Gasteiger partial charge in [-0.15, -0.1) is 0 Å². The van der Waals surface area contributed by atoms with E-state index in [9.17, 15) is 0 Å². The average molecular weight is 303 g/mol. The molecule has 0 saturated carbocycles. The molecule has 18 heavy (non-hydrogen) atoms. The van der Waals surface area contributed by atoms with Gasteiger partial charge in [0, 0.05) is 23.5 Å². The van der Waals surface area contributed by atoms with Crippen LogP contribution in [0.3, 0.4) is 0 Å². The number of benzene rings is 1. The Morgan fingerprint density at radius 3 is 2.50 bits per heavy atom. The molecule has 0 aliphatic carbocycles. The maximum Gasteiger partial charge on any atom is 0.128 e. The van der Waals surface area contributed by atoms with Gasteiger partial charge in [-0.3, -0.25) is 0 Å². The van der Waals surface area contributed by atoms with Gasteiger partial charge in [-0.25, -0.2) is 4.98 Å². The van der Waals surface area contributed by atoms with Crippen LogP contribution in [0.5, 0.6) is 0 Å². The second kappa shape index (κ2) is 4.73. The lowest BCUT2D eigenvalue weighted by molar-refractivity contribution is 0.519. The third kappa shape index (κ3) is 2.15. The van der Waals surface area contributed by atoms with E-state index >= 15 is 0 Å². The van der Waals surface area contributed by atoms with Gasteiger partial charge < -0.3 is 4.90 Å². The number of nitrogens with zero attached hydrogens (tertiary/aromatic N) is 2. The molecule has 3 rings (SSSR count). The lowest BCUT2D eigenvalue weighted by atomic mass is 9.91. The van der Waals surface area contributed by atoms with Crippen LogP contribution in [0.2, 0.25) is 0 Å². The highest BCUT2D eigenvalue weighted by molar-refractivity contribution is 9.10. The van der Waals surface area contributed by atoms with Crippen molar-refractivity contribution in [2.24, 2.45) is 0 Å². The first-order valence-corrected chi connectivity index (χ1v) is 6.96. The molecule has 3 heteroatoms. The van der Waals surface area contributed by atoms with Crippen LogP contribution in [0.1, 0.15) is 17.2 Å². The van der Waals surface area contributed by atoms with Crippen molar-refractivity contribution in [1.29, 1.82) is 0 Å². The van der Waals surface area contributed by atoms with E-state index in [4.69, 9.17) is 0 Å². The Hall–Kier alpha value is -1.35. The van der Waals surface area contributed by atoms with Gasteiger partial charge in [-0.1, -0.05) is 30.3 Å². The van der Waals surface area contributed by atoms with Gasteiger partial charge in [-0.05, 0) is 40.5 Å². The summed E-state index contributed by atoms with van der Waals surface area (Å²) in [5.41, 5.74) is 2.48. The molecular weight excluding hydrogens is 288 g/mol. The SMILES string of the molecule is Cc1nc(N2CC(c3ccccc3)C2)ccc1Br. The van der Waals surface area contributed by atoms with Gasteiger partial charge in [-0.2, -0.15) is 0 Å². The molecule has 92 valence electrons. The summed E-state index contributed by atoms with van der Waals surface area (Å²) in [5.74, 6) is 1.74. The van der Waals surface area contributed by atoms with Crippen LogP contribution in [-0.2, 0) is 0 Å². The number of halogens is 1. The van der Waals surface area contributed by atoms with Crippen LogP contribution in [0.4, 0.5) is 5.82 Å². The van der Waals surface area contributed by atoms with Crippen molar-refractivity contribution in [3.8, 4) is 0 Å². The van der Waals surface area contributed by atoms with Gasteiger partial charge in [0.05, 0.1) is 5.69 Å². The van der Waals surface area contributed by atoms with Crippen LogP contribution in [0.15, 0.2) is 46.9 Å². The van der Waals surface area contributed by atoms with Crippen LogP contribution >= 0.6 is 15.9 Å². The van der Waals surface area contributed by atoms with Crippen LogP contribution in [0, 0.1) is 6.92 Å². The molecule has 0 radical (unpaired) electrons. The zero-order valence-electron chi connectivity index (χ0n) is 10.3. The lowest BCUT2D eigenvalue weighted by Gasteiger charge is -2.40. The van der Waals surface area contributed by atoms with Crippen molar-refractivity contribution in [3.05, 3.63) is 58.2 Å². The minimum atomic E-state index is 0.650. The van der Waals surface area contributed by atoms with E-state index in [-0.39, 0.29) is 0 Å². The van der Waals surface area contributed by atoms with E-state index in [2.05, 4.69) is 68.3 Å². The van der Waals surface area contributed by atoms with Gasteiger partial charge >= 0.3 is 0 Å². The molecule has 0 N–H and O–H groups in total. The quantitative estimate of drug-likeness (QED) is 0.840. The fraction of sp³-hybridized carbons (Fsp3) is 0.267. The number of aromatic nitrogens is 1. The van der Waals surface area contributed by atoms with Crippen molar-refractivity contribution in [2.75, 3.05) is 18.0 Å². The highest BCUT2D eigenvalue weighted by atomic mass is 79.9. The maximum absolute atomic E-state index is 4.60. The highest BCUT2D eigenvalue weighted by Crippen LogP contribution is 2.31. The Morgan fingerprint density at radius 1 is 1.11 bits per heavy atom. The average Bonchev–Trinajstić information content (AvgIpc) is 2.33. The molecule has 0 spiro atoms. The Morgan fingerprint density at radius 2 is 1.83 bits per heavy atom.